The summed E-state index contributed by atoms with van der Waals surface area (Å²) in [6.45, 7) is 1.54. The predicted octanol–water partition coefficient (Wildman–Crippen LogP) is 4.35. The number of hydrogen-bond acceptors (Lipinski definition) is 3. The molecule has 0 saturated carbocycles. The molecule has 0 radical (unpaired) electrons. The molecule has 1 atom stereocenters. The normalized spacial score (nSPS) is 11.8. The van der Waals surface area contributed by atoms with Gasteiger partial charge in [-0.15, -0.1) is 0 Å². The quantitative estimate of drug-likeness (QED) is 0.602. The van der Waals surface area contributed by atoms with E-state index in [0.29, 0.717) is 21.2 Å². The van der Waals surface area contributed by atoms with Crippen molar-refractivity contribution in [2.75, 3.05) is 0 Å². The van der Waals surface area contributed by atoms with E-state index in [9.17, 15) is 9.59 Å². The summed E-state index contributed by atoms with van der Waals surface area (Å²) >= 11 is 12.0. The first-order valence-corrected chi connectivity index (χ1v) is 7.46. The highest BCUT2D eigenvalue weighted by Crippen LogP contribution is 2.25. The van der Waals surface area contributed by atoms with Gasteiger partial charge in [0.25, 0.3) is 0 Å². The summed E-state index contributed by atoms with van der Waals surface area (Å²) in [6, 6.07) is 13.7. The number of ketones is 1. The van der Waals surface area contributed by atoms with E-state index in [1.807, 2.05) is 6.07 Å². The second-order valence-electron chi connectivity index (χ2n) is 4.74. The highest BCUT2D eigenvalue weighted by molar-refractivity contribution is 6.36. The second kappa shape index (κ2) is 7.43. The SMILES string of the molecule is CC(OC(=O)Cc1c(Cl)cccc1Cl)C(=O)c1ccccc1. The van der Waals surface area contributed by atoms with Crippen LogP contribution in [0.15, 0.2) is 48.5 Å². The highest BCUT2D eigenvalue weighted by Gasteiger charge is 2.20. The van der Waals surface area contributed by atoms with Gasteiger partial charge in [0.05, 0.1) is 6.42 Å². The van der Waals surface area contributed by atoms with Crippen molar-refractivity contribution in [3.05, 3.63) is 69.7 Å². The summed E-state index contributed by atoms with van der Waals surface area (Å²) in [7, 11) is 0. The standard InChI is InChI=1S/C17H14Cl2O3/c1-11(17(21)12-6-3-2-4-7-12)22-16(20)10-13-14(18)8-5-9-15(13)19/h2-9,11H,10H2,1H3. The van der Waals surface area contributed by atoms with Gasteiger partial charge in [-0.25, -0.2) is 0 Å². The van der Waals surface area contributed by atoms with Gasteiger partial charge in [-0.2, -0.15) is 0 Å². The van der Waals surface area contributed by atoms with Gasteiger partial charge in [-0.3, -0.25) is 9.59 Å². The molecule has 5 heteroatoms. The van der Waals surface area contributed by atoms with E-state index in [1.165, 1.54) is 0 Å². The van der Waals surface area contributed by atoms with Gasteiger partial charge >= 0.3 is 5.97 Å². The minimum Gasteiger partial charge on any atom is -0.454 e. The van der Waals surface area contributed by atoms with Crippen molar-refractivity contribution in [2.24, 2.45) is 0 Å². The molecule has 3 nitrogen and oxygen atoms in total. The summed E-state index contributed by atoms with van der Waals surface area (Å²) in [5.74, 6) is -0.800. The second-order valence-corrected chi connectivity index (χ2v) is 5.55. The first-order chi connectivity index (χ1) is 10.5. The number of benzene rings is 2. The monoisotopic (exact) mass is 336 g/mol. The number of ether oxygens (including phenoxy) is 1. The van der Waals surface area contributed by atoms with E-state index in [2.05, 4.69) is 0 Å². The molecule has 0 heterocycles. The number of Topliss-reactive ketones (excluding diaryl/α,β-unsaturated/α-hetero) is 1. The molecule has 0 fully saturated rings. The molecule has 0 aliphatic rings. The van der Waals surface area contributed by atoms with E-state index in [4.69, 9.17) is 27.9 Å². The van der Waals surface area contributed by atoms with Crippen LogP contribution in [0.3, 0.4) is 0 Å². The third kappa shape index (κ3) is 4.09. The number of rotatable bonds is 5. The maximum absolute atomic E-state index is 12.1. The van der Waals surface area contributed by atoms with Gasteiger partial charge in [0.2, 0.25) is 5.78 Å². The van der Waals surface area contributed by atoms with Crippen LogP contribution in [0.5, 0.6) is 0 Å². The molecule has 0 aliphatic carbocycles. The lowest BCUT2D eigenvalue weighted by molar-refractivity contribution is -0.145. The lowest BCUT2D eigenvalue weighted by Gasteiger charge is -2.13. The zero-order chi connectivity index (χ0) is 16.1. The molecule has 0 saturated heterocycles. The largest absolute Gasteiger partial charge is 0.454 e. The van der Waals surface area contributed by atoms with Crippen LogP contribution >= 0.6 is 23.2 Å². The van der Waals surface area contributed by atoms with Crippen molar-refractivity contribution in [1.29, 1.82) is 0 Å². The number of carbonyl (C=O) groups is 2. The minimum atomic E-state index is -0.865. The molecular formula is C17H14Cl2O3. The average Bonchev–Trinajstić information content (AvgIpc) is 2.51. The van der Waals surface area contributed by atoms with Gasteiger partial charge in [0, 0.05) is 21.2 Å². The van der Waals surface area contributed by atoms with Crippen LogP contribution in [0, 0.1) is 0 Å². The Balaban J connectivity index is 2.01. The van der Waals surface area contributed by atoms with Crippen molar-refractivity contribution >= 4 is 35.0 Å². The molecular weight excluding hydrogens is 323 g/mol. The molecule has 0 spiro atoms. The molecule has 0 N–H and O–H groups in total. The van der Waals surface area contributed by atoms with Crippen LogP contribution < -0.4 is 0 Å². The molecule has 0 bridgehead atoms. The van der Waals surface area contributed by atoms with Gasteiger partial charge in [0.1, 0.15) is 0 Å². The molecule has 2 aromatic rings. The molecule has 114 valence electrons. The zero-order valence-electron chi connectivity index (χ0n) is 11.9. The van der Waals surface area contributed by atoms with Crippen LogP contribution in [-0.2, 0) is 16.0 Å². The number of esters is 1. The number of halogens is 2. The summed E-state index contributed by atoms with van der Waals surface area (Å²) in [5.41, 5.74) is 0.994. The molecule has 22 heavy (non-hydrogen) atoms. The van der Waals surface area contributed by atoms with E-state index in [-0.39, 0.29) is 12.2 Å². The highest BCUT2D eigenvalue weighted by atomic mass is 35.5. The van der Waals surface area contributed by atoms with Crippen LogP contribution in [0.4, 0.5) is 0 Å². The first kappa shape index (κ1) is 16.5. The zero-order valence-corrected chi connectivity index (χ0v) is 13.4. The lowest BCUT2D eigenvalue weighted by Crippen LogP contribution is -2.25. The van der Waals surface area contributed by atoms with E-state index in [1.54, 1.807) is 49.4 Å². The maximum Gasteiger partial charge on any atom is 0.311 e. The van der Waals surface area contributed by atoms with Gasteiger partial charge in [-0.05, 0) is 19.1 Å². The first-order valence-electron chi connectivity index (χ1n) is 6.70. The molecule has 0 aliphatic heterocycles. The summed E-state index contributed by atoms with van der Waals surface area (Å²) in [4.78, 5) is 24.1. The Kier molecular flexibility index (Phi) is 5.58. The Hall–Kier alpha value is -1.84. The van der Waals surface area contributed by atoms with Crippen molar-refractivity contribution in [3.63, 3.8) is 0 Å². The third-order valence-electron chi connectivity index (χ3n) is 3.12. The molecule has 0 amide bonds. The van der Waals surface area contributed by atoms with E-state index < -0.39 is 12.1 Å². The average molecular weight is 337 g/mol. The fourth-order valence-electron chi connectivity index (χ4n) is 1.98. The predicted molar refractivity (Wildman–Crippen MR) is 86.5 cm³/mol. The summed E-state index contributed by atoms with van der Waals surface area (Å²) in [5, 5.41) is 0.790. The van der Waals surface area contributed by atoms with Crippen LogP contribution in [0.25, 0.3) is 0 Å². The molecule has 2 rings (SSSR count). The van der Waals surface area contributed by atoms with E-state index >= 15 is 0 Å². The van der Waals surface area contributed by atoms with Crippen LogP contribution in [-0.4, -0.2) is 17.9 Å². The van der Waals surface area contributed by atoms with Crippen LogP contribution in [0.2, 0.25) is 10.0 Å². The van der Waals surface area contributed by atoms with Gasteiger partial charge in [0.15, 0.2) is 6.10 Å². The Morgan fingerprint density at radius 3 is 2.18 bits per heavy atom. The number of carbonyl (C=O) groups excluding carboxylic acids is 2. The van der Waals surface area contributed by atoms with Crippen molar-refractivity contribution in [1.82, 2.24) is 0 Å². The Bertz CT molecular complexity index is 663. The van der Waals surface area contributed by atoms with Crippen LogP contribution in [0.1, 0.15) is 22.8 Å². The molecule has 2 aromatic carbocycles. The fourth-order valence-corrected chi connectivity index (χ4v) is 2.51. The fraction of sp³-hybridized carbons (Fsp3) is 0.176. The molecule has 1 unspecified atom stereocenters. The summed E-state index contributed by atoms with van der Waals surface area (Å²) < 4.78 is 5.17. The van der Waals surface area contributed by atoms with Gasteiger partial charge in [-0.1, -0.05) is 59.6 Å². The maximum atomic E-state index is 12.1. The Morgan fingerprint density at radius 1 is 1.00 bits per heavy atom. The Labute approximate surface area is 138 Å². The minimum absolute atomic E-state index is 0.0785. The van der Waals surface area contributed by atoms with Crippen molar-refractivity contribution in [2.45, 2.75) is 19.4 Å². The van der Waals surface area contributed by atoms with Gasteiger partial charge < -0.3 is 4.74 Å². The lowest BCUT2D eigenvalue weighted by atomic mass is 10.1. The molecule has 0 aromatic heterocycles. The topological polar surface area (TPSA) is 43.4 Å². The number of hydrogen-bond donors (Lipinski definition) is 0. The van der Waals surface area contributed by atoms with E-state index in [0.717, 1.165) is 0 Å². The van der Waals surface area contributed by atoms with Crippen molar-refractivity contribution < 1.29 is 14.3 Å². The third-order valence-corrected chi connectivity index (χ3v) is 3.83. The van der Waals surface area contributed by atoms with Crippen molar-refractivity contribution in [3.8, 4) is 0 Å². The summed E-state index contributed by atoms with van der Waals surface area (Å²) in [6.07, 6.45) is -0.943. The Morgan fingerprint density at radius 2 is 1.59 bits per heavy atom. The smallest absolute Gasteiger partial charge is 0.311 e.